The van der Waals surface area contributed by atoms with Crippen LogP contribution in [0.1, 0.15) is 56.0 Å². The molecule has 0 spiro atoms. The molecular formula is C16H27N3OS. The molecule has 0 aromatic carbocycles. The Morgan fingerprint density at radius 3 is 2.90 bits per heavy atom. The highest BCUT2D eigenvalue weighted by Gasteiger charge is 2.26. The van der Waals surface area contributed by atoms with Crippen LogP contribution < -0.4 is 10.2 Å². The van der Waals surface area contributed by atoms with Crippen LogP contribution in [0.15, 0.2) is 0 Å². The molecule has 2 heterocycles. The highest BCUT2D eigenvalue weighted by Crippen LogP contribution is 2.33. The van der Waals surface area contributed by atoms with E-state index in [0.29, 0.717) is 12.6 Å². The molecule has 1 aliphatic carbocycles. The molecule has 5 heteroatoms. The van der Waals surface area contributed by atoms with Crippen molar-refractivity contribution in [1.82, 2.24) is 10.3 Å². The first-order valence-corrected chi connectivity index (χ1v) is 9.11. The second-order valence-electron chi connectivity index (χ2n) is 6.21. The molecule has 4 nitrogen and oxygen atoms in total. The molecule has 1 aliphatic heterocycles. The van der Waals surface area contributed by atoms with Crippen molar-refractivity contribution < 1.29 is 4.74 Å². The molecule has 1 saturated carbocycles. The molecule has 1 aromatic rings. The van der Waals surface area contributed by atoms with Gasteiger partial charge < -0.3 is 15.0 Å². The zero-order chi connectivity index (χ0) is 14.7. The number of hydrogen-bond donors (Lipinski definition) is 1. The van der Waals surface area contributed by atoms with Gasteiger partial charge in [-0.3, -0.25) is 0 Å². The van der Waals surface area contributed by atoms with Crippen molar-refractivity contribution in [1.29, 1.82) is 0 Å². The van der Waals surface area contributed by atoms with E-state index in [9.17, 15) is 0 Å². The van der Waals surface area contributed by atoms with E-state index in [0.717, 1.165) is 24.8 Å². The predicted octanol–water partition coefficient (Wildman–Crippen LogP) is 3.31. The van der Waals surface area contributed by atoms with Crippen molar-refractivity contribution in [2.24, 2.45) is 0 Å². The van der Waals surface area contributed by atoms with E-state index in [-0.39, 0.29) is 0 Å². The van der Waals surface area contributed by atoms with Crippen LogP contribution in [0.3, 0.4) is 0 Å². The smallest absolute Gasteiger partial charge is 0.186 e. The predicted molar refractivity (Wildman–Crippen MR) is 88.0 cm³/mol. The van der Waals surface area contributed by atoms with Crippen molar-refractivity contribution in [2.75, 3.05) is 18.6 Å². The number of rotatable bonds is 7. The Kier molecular flexibility index (Phi) is 5.14. The van der Waals surface area contributed by atoms with Gasteiger partial charge in [0.1, 0.15) is 0 Å². The molecule has 1 unspecified atom stereocenters. The third kappa shape index (κ3) is 3.76. The summed E-state index contributed by atoms with van der Waals surface area (Å²) in [5.74, 6) is 0. The standard InChI is InChI=1S/C16H27N3OS/c1-3-13-6-4-5-9-19(13)16-18-14(11-20-2)15(21-16)10-17-12-7-8-12/h12-13,17H,3-11H2,1-2H3. The number of thiazole rings is 1. The first-order valence-electron chi connectivity index (χ1n) is 8.29. The number of nitrogens with one attached hydrogen (secondary N) is 1. The first kappa shape index (κ1) is 15.3. The highest BCUT2D eigenvalue weighted by atomic mass is 32.1. The van der Waals surface area contributed by atoms with E-state index >= 15 is 0 Å². The van der Waals surface area contributed by atoms with E-state index in [4.69, 9.17) is 9.72 Å². The molecule has 1 N–H and O–H groups in total. The van der Waals surface area contributed by atoms with Crippen molar-refractivity contribution in [3.05, 3.63) is 10.6 Å². The fourth-order valence-electron chi connectivity index (χ4n) is 3.08. The van der Waals surface area contributed by atoms with Crippen LogP contribution in [0.2, 0.25) is 0 Å². The molecule has 0 bridgehead atoms. The van der Waals surface area contributed by atoms with Gasteiger partial charge in [-0.2, -0.15) is 0 Å². The van der Waals surface area contributed by atoms with Gasteiger partial charge in [0, 0.05) is 37.2 Å². The molecule has 3 rings (SSSR count). The molecule has 1 aromatic heterocycles. The summed E-state index contributed by atoms with van der Waals surface area (Å²) in [6, 6.07) is 1.41. The van der Waals surface area contributed by atoms with Gasteiger partial charge in [-0.1, -0.05) is 6.92 Å². The number of aromatic nitrogens is 1. The van der Waals surface area contributed by atoms with Crippen molar-refractivity contribution >= 4 is 16.5 Å². The van der Waals surface area contributed by atoms with Crippen LogP contribution in [-0.4, -0.2) is 30.7 Å². The molecule has 0 amide bonds. The van der Waals surface area contributed by atoms with Crippen LogP contribution >= 0.6 is 11.3 Å². The Labute approximate surface area is 131 Å². The zero-order valence-corrected chi connectivity index (χ0v) is 14.0. The lowest BCUT2D eigenvalue weighted by atomic mass is 10.0. The van der Waals surface area contributed by atoms with Crippen LogP contribution in [0.25, 0.3) is 0 Å². The molecule has 118 valence electrons. The second-order valence-corrected chi connectivity index (χ2v) is 7.27. The largest absolute Gasteiger partial charge is 0.378 e. The Balaban J connectivity index is 1.75. The van der Waals surface area contributed by atoms with Gasteiger partial charge in [0.25, 0.3) is 0 Å². The van der Waals surface area contributed by atoms with Gasteiger partial charge in [-0.15, -0.1) is 11.3 Å². The number of anilines is 1. The van der Waals surface area contributed by atoms with Gasteiger partial charge in [-0.05, 0) is 38.5 Å². The SMILES string of the molecule is CCC1CCCCN1c1nc(COC)c(CNC2CC2)s1. The summed E-state index contributed by atoms with van der Waals surface area (Å²) in [6.07, 6.45) is 7.84. The van der Waals surface area contributed by atoms with Crippen LogP contribution in [0.4, 0.5) is 5.13 Å². The van der Waals surface area contributed by atoms with Gasteiger partial charge in [0.2, 0.25) is 0 Å². The summed E-state index contributed by atoms with van der Waals surface area (Å²) in [5.41, 5.74) is 1.13. The van der Waals surface area contributed by atoms with E-state index in [2.05, 4.69) is 17.1 Å². The second kappa shape index (κ2) is 7.07. The quantitative estimate of drug-likeness (QED) is 0.838. The number of ether oxygens (including phenoxy) is 1. The summed E-state index contributed by atoms with van der Waals surface area (Å²) in [5, 5.41) is 4.82. The van der Waals surface area contributed by atoms with Crippen LogP contribution in [0, 0.1) is 0 Å². The summed E-state index contributed by atoms with van der Waals surface area (Å²) in [4.78, 5) is 8.80. The Bertz CT molecular complexity index is 458. The maximum Gasteiger partial charge on any atom is 0.186 e. The van der Waals surface area contributed by atoms with Gasteiger partial charge in [0.05, 0.1) is 12.3 Å². The normalized spacial score (nSPS) is 22.8. The molecule has 1 saturated heterocycles. The fourth-order valence-corrected chi connectivity index (χ4v) is 4.19. The van der Waals surface area contributed by atoms with Gasteiger partial charge >= 0.3 is 0 Å². The summed E-state index contributed by atoms with van der Waals surface area (Å²) < 4.78 is 5.34. The molecular weight excluding hydrogens is 282 g/mol. The maximum absolute atomic E-state index is 5.34. The third-order valence-corrected chi connectivity index (χ3v) is 5.66. The third-order valence-electron chi connectivity index (χ3n) is 4.52. The number of methoxy groups -OCH3 is 1. The Morgan fingerprint density at radius 2 is 2.19 bits per heavy atom. The maximum atomic E-state index is 5.34. The van der Waals surface area contributed by atoms with Crippen molar-refractivity contribution in [2.45, 2.75) is 70.7 Å². The summed E-state index contributed by atoms with van der Waals surface area (Å²) >= 11 is 1.87. The van der Waals surface area contributed by atoms with Crippen LogP contribution in [-0.2, 0) is 17.9 Å². The van der Waals surface area contributed by atoms with E-state index in [1.165, 1.54) is 48.5 Å². The molecule has 2 aliphatic rings. The lowest BCUT2D eigenvalue weighted by Crippen LogP contribution is -2.39. The zero-order valence-electron chi connectivity index (χ0n) is 13.2. The monoisotopic (exact) mass is 309 g/mol. The van der Waals surface area contributed by atoms with Gasteiger partial charge in [0.15, 0.2) is 5.13 Å². The van der Waals surface area contributed by atoms with E-state index < -0.39 is 0 Å². The lowest BCUT2D eigenvalue weighted by Gasteiger charge is -2.35. The number of nitrogens with zero attached hydrogens (tertiary/aromatic N) is 2. The lowest BCUT2D eigenvalue weighted by molar-refractivity contribution is 0.181. The average molecular weight is 309 g/mol. The summed E-state index contributed by atoms with van der Waals surface area (Å²) in [7, 11) is 1.76. The van der Waals surface area contributed by atoms with Crippen LogP contribution in [0.5, 0.6) is 0 Å². The molecule has 0 radical (unpaired) electrons. The number of hydrogen-bond acceptors (Lipinski definition) is 5. The van der Waals surface area contributed by atoms with E-state index in [1.54, 1.807) is 7.11 Å². The topological polar surface area (TPSA) is 37.4 Å². The minimum absolute atomic E-state index is 0.628. The van der Waals surface area contributed by atoms with Crippen molar-refractivity contribution in [3.8, 4) is 0 Å². The number of piperidine rings is 1. The van der Waals surface area contributed by atoms with Crippen molar-refractivity contribution in [3.63, 3.8) is 0 Å². The Hall–Kier alpha value is -0.650. The minimum Gasteiger partial charge on any atom is -0.378 e. The van der Waals surface area contributed by atoms with E-state index in [1.807, 2.05) is 11.3 Å². The fraction of sp³-hybridized carbons (Fsp3) is 0.812. The first-order chi connectivity index (χ1) is 10.3. The minimum atomic E-state index is 0.628. The molecule has 21 heavy (non-hydrogen) atoms. The molecule has 2 fully saturated rings. The summed E-state index contributed by atoms with van der Waals surface area (Å²) in [6.45, 7) is 5.03. The average Bonchev–Trinajstić information content (AvgIpc) is 3.26. The van der Waals surface area contributed by atoms with Gasteiger partial charge in [-0.25, -0.2) is 4.98 Å². The highest BCUT2D eigenvalue weighted by molar-refractivity contribution is 7.15. The Morgan fingerprint density at radius 1 is 1.33 bits per heavy atom. The molecule has 1 atom stereocenters.